The van der Waals surface area contributed by atoms with E-state index < -0.39 is 23.4 Å². The Kier molecular flexibility index (Phi) is 4.18. The summed E-state index contributed by atoms with van der Waals surface area (Å²) in [4.78, 5) is 24.2. The molecule has 5 nitrogen and oxygen atoms in total. The molecular weight excluding hydrogens is 308 g/mol. The first-order valence-electron chi connectivity index (χ1n) is 7.49. The van der Waals surface area contributed by atoms with Gasteiger partial charge in [-0.15, -0.1) is 0 Å². The van der Waals surface area contributed by atoms with E-state index in [2.05, 4.69) is 0 Å². The van der Waals surface area contributed by atoms with Gasteiger partial charge in [0.05, 0.1) is 16.9 Å². The van der Waals surface area contributed by atoms with Crippen molar-refractivity contribution in [2.75, 3.05) is 0 Å². The van der Waals surface area contributed by atoms with E-state index in [1.54, 1.807) is 54.6 Å². The fourth-order valence-corrected chi connectivity index (χ4v) is 2.82. The Morgan fingerprint density at radius 2 is 1.67 bits per heavy atom. The average molecular weight is 324 g/mol. The van der Waals surface area contributed by atoms with Crippen LogP contribution in [-0.4, -0.2) is 22.1 Å². The maximum absolute atomic E-state index is 12.4. The highest BCUT2D eigenvalue weighted by Gasteiger charge is 2.32. The maximum Gasteiger partial charge on any atom is 0.343 e. The molecule has 2 atom stereocenters. The number of Topliss-reactive ketones (excluding diaryl/α,β-unsaturated/α-hetero) is 1. The van der Waals surface area contributed by atoms with Crippen LogP contribution in [0.4, 0.5) is 0 Å². The fourth-order valence-electron chi connectivity index (χ4n) is 2.82. The first-order valence-corrected chi connectivity index (χ1v) is 7.49. The van der Waals surface area contributed by atoms with Crippen LogP contribution < -0.4 is 5.63 Å². The summed E-state index contributed by atoms with van der Waals surface area (Å²) >= 11 is 0. The van der Waals surface area contributed by atoms with E-state index in [9.17, 15) is 19.8 Å². The maximum atomic E-state index is 12.4. The van der Waals surface area contributed by atoms with Gasteiger partial charge in [0.25, 0.3) is 0 Å². The molecule has 0 aliphatic carbocycles. The largest absolute Gasteiger partial charge is 0.507 e. The van der Waals surface area contributed by atoms with Gasteiger partial charge < -0.3 is 14.6 Å². The van der Waals surface area contributed by atoms with Crippen LogP contribution in [0.3, 0.4) is 0 Å². The molecule has 0 saturated heterocycles. The van der Waals surface area contributed by atoms with Crippen molar-refractivity contribution in [3.05, 3.63) is 76.1 Å². The number of para-hydroxylation sites is 1. The number of benzene rings is 2. The number of fused-ring (bicyclic) bond motifs is 1. The third-order valence-corrected chi connectivity index (χ3v) is 4.02. The lowest BCUT2D eigenvalue weighted by molar-refractivity contribution is -0.125. The van der Waals surface area contributed by atoms with Gasteiger partial charge in [-0.2, -0.15) is 0 Å². The van der Waals surface area contributed by atoms with Crippen LogP contribution in [0.25, 0.3) is 11.0 Å². The molecule has 0 saturated carbocycles. The van der Waals surface area contributed by atoms with E-state index >= 15 is 0 Å². The van der Waals surface area contributed by atoms with Crippen LogP contribution >= 0.6 is 0 Å². The van der Waals surface area contributed by atoms with E-state index in [0.717, 1.165) is 0 Å². The molecule has 0 unspecified atom stereocenters. The van der Waals surface area contributed by atoms with Gasteiger partial charge in [0.1, 0.15) is 17.4 Å². The van der Waals surface area contributed by atoms with Gasteiger partial charge in [0.15, 0.2) is 5.78 Å². The highest BCUT2D eigenvalue weighted by atomic mass is 16.4. The molecule has 2 aromatic carbocycles. The molecule has 0 radical (unpaired) electrons. The second-order valence-electron chi connectivity index (χ2n) is 5.59. The standard InChI is InChI=1S/C19H16O5/c1-11(20)17(21)15(12-7-3-2-4-8-12)16-18(22)13-9-5-6-10-14(13)24-19(16)23/h2-10,15,17,21-22H,1H3/t15-,17+/m0/s1. The van der Waals surface area contributed by atoms with Crippen LogP contribution in [0.5, 0.6) is 5.75 Å². The van der Waals surface area contributed by atoms with Crippen molar-refractivity contribution in [3.8, 4) is 5.75 Å². The quantitative estimate of drug-likeness (QED) is 0.720. The molecule has 0 aliphatic rings. The lowest BCUT2D eigenvalue weighted by Crippen LogP contribution is -2.30. The minimum atomic E-state index is -1.47. The Hall–Kier alpha value is -2.92. The van der Waals surface area contributed by atoms with Crippen LogP contribution in [0.2, 0.25) is 0 Å². The first-order chi connectivity index (χ1) is 11.5. The Morgan fingerprint density at radius 1 is 1.04 bits per heavy atom. The van der Waals surface area contributed by atoms with Crippen molar-refractivity contribution in [2.45, 2.75) is 18.9 Å². The average Bonchev–Trinajstić information content (AvgIpc) is 2.58. The second-order valence-corrected chi connectivity index (χ2v) is 5.59. The number of rotatable bonds is 4. The summed E-state index contributed by atoms with van der Waals surface area (Å²) < 4.78 is 5.27. The summed E-state index contributed by atoms with van der Waals surface area (Å²) in [5, 5.41) is 21.3. The zero-order valence-electron chi connectivity index (χ0n) is 13.0. The molecule has 0 aliphatic heterocycles. The molecule has 0 bridgehead atoms. The van der Waals surface area contributed by atoms with E-state index in [0.29, 0.717) is 10.9 Å². The summed E-state index contributed by atoms with van der Waals surface area (Å²) in [5.74, 6) is -1.80. The summed E-state index contributed by atoms with van der Waals surface area (Å²) in [6.07, 6.45) is -1.47. The van der Waals surface area contributed by atoms with Crippen LogP contribution in [0.15, 0.2) is 63.8 Å². The highest BCUT2D eigenvalue weighted by molar-refractivity contribution is 5.86. The first kappa shape index (κ1) is 16.0. The molecule has 1 aromatic heterocycles. The van der Waals surface area contributed by atoms with Crippen molar-refractivity contribution in [3.63, 3.8) is 0 Å². The number of carbonyl (C=O) groups excluding carboxylic acids is 1. The Balaban J connectivity index is 2.31. The summed E-state index contributed by atoms with van der Waals surface area (Å²) in [6, 6.07) is 15.2. The predicted octanol–water partition coefficient (Wildman–Crippen LogP) is 2.58. The van der Waals surface area contributed by atoms with E-state index in [-0.39, 0.29) is 16.9 Å². The van der Waals surface area contributed by atoms with Gasteiger partial charge in [0, 0.05) is 0 Å². The minimum absolute atomic E-state index is 0.123. The van der Waals surface area contributed by atoms with Gasteiger partial charge in [0.2, 0.25) is 0 Å². The smallest absolute Gasteiger partial charge is 0.343 e. The molecular formula is C19H16O5. The van der Waals surface area contributed by atoms with Crippen molar-refractivity contribution < 1.29 is 19.4 Å². The number of aliphatic hydroxyl groups is 1. The van der Waals surface area contributed by atoms with Crippen molar-refractivity contribution in [1.82, 2.24) is 0 Å². The predicted molar refractivity (Wildman–Crippen MR) is 89.1 cm³/mol. The number of aromatic hydroxyl groups is 1. The van der Waals surface area contributed by atoms with E-state index in [1.165, 1.54) is 6.92 Å². The molecule has 0 amide bonds. The topological polar surface area (TPSA) is 87.7 Å². The fraction of sp³-hybridized carbons (Fsp3) is 0.158. The van der Waals surface area contributed by atoms with Crippen LogP contribution in [-0.2, 0) is 4.79 Å². The summed E-state index contributed by atoms with van der Waals surface area (Å²) in [5.41, 5.74) is -0.117. The number of hydrogen-bond donors (Lipinski definition) is 2. The molecule has 24 heavy (non-hydrogen) atoms. The molecule has 2 N–H and O–H groups in total. The molecule has 0 fully saturated rings. The van der Waals surface area contributed by atoms with E-state index in [4.69, 9.17) is 4.42 Å². The van der Waals surface area contributed by atoms with Gasteiger partial charge in [-0.1, -0.05) is 42.5 Å². The molecule has 1 heterocycles. The lowest BCUT2D eigenvalue weighted by atomic mass is 9.85. The van der Waals surface area contributed by atoms with Crippen molar-refractivity contribution in [2.24, 2.45) is 0 Å². The monoisotopic (exact) mass is 324 g/mol. The van der Waals surface area contributed by atoms with Gasteiger partial charge in [-0.3, -0.25) is 4.79 Å². The number of aliphatic hydroxyl groups excluding tert-OH is 1. The second kappa shape index (κ2) is 6.29. The number of ketones is 1. The number of carbonyl (C=O) groups is 1. The van der Waals surface area contributed by atoms with Gasteiger partial charge >= 0.3 is 5.63 Å². The molecule has 5 heteroatoms. The Bertz CT molecular complexity index is 943. The SMILES string of the molecule is CC(=O)[C@@H](O)[C@@H](c1ccccc1)c1c(O)c2ccccc2oc1=O. The van der Waals surface area contributed by atoms with Crippen molar-refractivity contribution >= 4 is 16.8 Å². The molecule has 122 valence electrons. The zero-order chi connectivity index (χ0) is 17.3. The minimum Gasteiger partial charge on any atom is -0.507 e. The van der Waals surface area contributed by atoms with E-state index in [1.807, 2.05) is 0 Å². The van der Waals surface area contributed by atoms with Crippen LogP contribution in [0.1, 0.15) is 24.0 Å². The normalized spacial score (nSPS) is 13.6. The van der Waals surface area contributed by atoms with Crippen molar-refractivity contribution in [1.29, 1.82) is 0 Å². The lowest BCUT2D eigenvalue weighted by Gasteiger charge is -2.22. The Labute approximate surface area is 137 Å². The summed E-state index contributed by atoms with van der Waals surface area (Å²) in [7, 11) is 0. The molecule has 0 spiro atoms. The highest BCUT2D eigenvalue weighted by Crippen LogP contribution is 2.36. The number of hydrogen-bond acceptors (Lipinski definition) is 5. The summed E-state index contributed by atoms with van der Waals surface area (Å²) in [6.45, 7) is 1.24. The molecule has 3 aromatic rings. The molecule has 3 rings (SSSR count). The zero-order valence-corrected chi connectivity index (χ0v) is 13.0. The van der Waals surface area contributed by atoms with Crippen LogP contribution in [0, 0.1) is 0 Å². The van der Waals surface area contributed by atoms with Gasteiger partial charge in [-0.25, -0.2) is 4.79 Å². The Morgan fingerprint density at radius 3 is 2.33 bits per heavy atom. The third-order valence-electron chi connectivity index (χ3n) is 4.02. The third kappa shape index (κ3) is 2.70. The van der Waals surface area contributed by atoms with Gasteiger partial charge in [-0.05, 0) is 24.6 Å².